The van der Waals surface area contributed by atoms with Crippen LogP contribution in [0.2, 0.25) is 0 Å². The lowest BCUT2D eigenvalue weighted by atomic mass is 10.2. The van der Waals surface area contributed by atoms with E-state index >= 15 is 0 Å². The van der Waals surface area contributed by atoms with Gasteiger partial charge in [-0.3, -0.25) is 4.90 Å². The van der Waals surface area contributed by atoms with Crippen LogP contribution in [0.1, 0.15) is 12.8 Å². The van der Waals surface area contributed by atoms with E-state index in [1.54, 1.807) is 0 Å². The maximum atomic E-state index is 9.05. The highest BCUT2D eigenvalue weighted by Gasteiger charge is 2.25. The molecule has 2 rings (SSSR count). The number of rotatable bonds is 3. The Kier molecular flexibility index (Phi) is 3.30. The molecule has 0 amide bonds. The Morgan fingerprint density at radius 3 is 3.13 bits per heavy atom. The molecule has 0 aliphatic carbocycles. The first-order valence-electron chi connectivity index (χ1n) is 5.02. The third-order valence-electron chi connectivity index (χ3n) is 2.37. The Morgan fingerprint density at radius 2 is 2.47 bits per heavy atom. The minimum Gasteiger partial charge on any atom is -0.394 e. The van der Waals surface area contributed by atoms with E-state index in [-0.39, 0.29) is 18.8 Å². The zero-order chi connectivity index (χ0) is 10.7. The molecule has 1 fully saturated rings. The van der Waals surface area contributed by atoms with Crippen molar-refractivity contribution in [2.45, 2.75) is 25.7 Å². The summed E-state index contributed by atoms with van der Waals surface area (Å²) in [4.78, 5) is 6.10. The maximum Gasteiger partial charge on any atom is 0.240 e. The highest BCUT2D eigenvalue weighted by Crippen LogP contribution is 2.12. The third-order valence-corrected chi connectivity index (χ3v) is 2.37. The summed E-state index contributed by atoms with van der Waals surface area (Å²) in [7, 11) is 0. The first-order valence-corrected chi connectivity index (χ1v) is 5.02. The Bertz CT molecular complexity index is 291. The molecule has 1 aromatic heterocycles. The van der Waals surface area contributed by atoms with Crippen molar-refractivity contribution in [3.8, 4) is 0 Å². The van der Waals surface area contributed by atoms with Crippen LogP contribution < -0.4 is 0 Å². The third kappa shape index (κ3) is 2.74. The second-order valence-electron chi connectivity index (χ2n) is 3.78. The Hall–Kier alpha value is -0.980. The molecule has 1 aliphatic heterocycles. The average Bonchev–Trinajstić information content (AvgIpc) is 2.69. The molecule has 15 heavy (non-hydrogen) atoms. The molecule has 2 heterocycles. The number of hydrogen-bond acceptors (Lipinski definition) is 6. The van der Waals surface area contributed by atoms with Gasteiger partial charge in [0.1, 0.15) is 0 Å². The van der Waals surface area contributed by atoms with Gasteiger partial charge in [0.25, 0.3) is 0 Å². The van der Waals surface area contributed by atoms with E-state index in [9.17, 15) is 0 Å². The molecule has 1 aliphatic rings. The summed E-state index contributed by atoms with van der Waals surface area (Å²) in [6.07, 6.45) is 1.40. The molecule has 0 bridgehead atoms. The van der Waals surface area contributed by atoms with Crippen molar-refractivity contribution in [3.05, 3.63) is 12.2 Å². The van der Waals surface area contributed by atoms with Gasteiger partial charge in [-0.05, 0) is 6.92 Å². The van der Waals surface area contributed by atoms with Crippen molar-refractivity contribution in [2.75, 3.05) is 19.7 Å². The number of aliphatic hydroxyl groups is 1. The summed E-state index contributed by atoms with van der Waals surface area (Å²) in [5.41, 5.74) is 0. The van der Waals surface area contributed by atoms with Gasteiger partial charge in [0.15, 0.2) is 6.33 Å². The average molecular weight is 213 g/mol. The molecule has 1 saturated heterocycles. The van der Waals surface area contributed by atoms with E-state index in [1.807, 2.05) is 6.92 Å². The van der Waals surface area contributed by atoms with Gasteiger partial charge in [0.05, 0.1) is 25.4 Å². The SMILES string of the molecule is CC1CN(Cc2ncno2)CC(CO)O1. The molecule has 1 N–H and O–H groups in total. The first kappa shape index (κ1) is 10.5. The van der Waals surface area contributed by atoms with Crippen LogP contribution in [0.5, 0.6) is 0 Å². The number of hydrogen-bond donors (Lipinski definition) is 1. The number of ether oxygens (including phenoxy) is 1. The van der Waals surface area contributed by atoms with Crippen molar-refractivity contribution in [2.24, 2.45) is 0 Å². The van der Waals surface area contributed by atoms with Crippen LogP contribution in [0.3, 0.4) is 0 Å². The molecule has 0 radical (unpaired) electrons. The van der Waals surface area contributed by atoms with Crippen molar-refractivity contribution in [1.29, 1.82) is 0 Å². The molecular formula is C9H15N3O3. The summed E-state index contributed by atoms with van der Waals surface area (Å²) in [5.74, 6) is 0.598. The molecule has 84 valence electrons. The highest BCUT2D eigenvalue weighted by molar-refractivity contribution is 4.80. The summed E-state index contributed by atoms with van der Waals surface area (Å²) in [5, 5.41) is 12.6. The van der Waals surface area contributed by atoms with Crippen LogP contribution in [-0.4, -0.2) is 52.1 Å². The van der Waals surface area contributed by atoms with Crippen molar-refractivity contribution >= 4 is 0 Å². The lowest BCUT2D eigenvalue weighted by molar-refractivity contribution is -0.0988. The van der Waals surface area contributed by atoms with Crippen molar-refractivity contribution in [1.82, 2.24) is 15.0 Å². The van der Waals surface area contributed by atoms with Gasteiger partial charge in [-0.1, -0.05) is 5.16 Å². The molecule has 0 aromatic carbocycles. The molecule has 0 spiro atoms. The van der Waals surface area contributed by atoms with Gasteiger partial charge in [-0.25, -0.2) is 0 Å². The number of aliphatic hydroxyl groups excluding tert-OH is 1. The van der Waals surface area contributed by atoms with E-state index < -0.39 is 0 Å². The van der Waals surface area contributed by atoms with Gasteiger partial charge >= 0.3 is 0 Å². The minimum atomic E-state index is -0.114. The predicted octanol–water partition coefficient (Wildman–Crippen LogP) is -0.349. The Morgan fingerprint density at radius 1 is 1.60 bits per heavy atom. The lowest BCUT2D eigenvalue weighted by Gasteiger charge is -2.35. The highest BCUT2D eigenvalue weighted by atomic mass is 16.5. The van der Waals surface area contributed by atoms with E-state index in [0.29, 0.717) is 19.0 Å². The van der Waals surface area contributed by atoms with Crippen LogP contribution in [0.25, 0.3) is 0 Å². The lowest BCUT2D eigenvalue weighted by Crippen LogP contribution is -2.47. The van der Waals surface area contributed by atoms with Crippen molar-refractivity contribution in [3.63, 3.8) is 0 Å². The number of nitrogens with zero attached hydrogens (tertiary/aromatic N) is 3. The van der Waals surface area contributed by atoms with Crippen LogP contribution >= 0.6 is 0 Å². The first-order chi connectivity index (χ1) is 7.28. The topological polar surface area (TPSA) is 71.6 Å². The second kappa shape index (κ2) is 4.69. The normalized spacial score (nSPS) is 28.1. The Labute approximate surface area is 87.8 Å². The van der Waals surface area contributed by atoms with Gasteiger partial charge in [-0.15, -0.1) is 0 Å². The molecule has 2 unspecified atom stereocenters. The molecule has 2 atom stereocenters. The molecule has 1 aromatic rings. The fourth-order valence-corrected chi connectivity index (χ4v) is 1.83. The van der Waals surface area contributed by atoms with E-state index in [1.165, 1.54) is 6.33 Å². The zero-order valence-corrected chi connectivity index (χ0v) is 8.67. The summed E-state index contributed by atoms with van der Waals surface area (Å²) in [6.45, 7) is 4.17. The van der Waals surface area contributed by atoms with E-state index in [4.69, 9.17) is 14.4 Å². The summed E-state index contributed by atoms with van der Waals surface area (Å²) >= 11 is 0. The Balaban J connectivity index is 1.91. The quantitative estimate of drug-likeness (QED) is 0.740. The number of aromatic nitrogens is 2. The van der Waals surface area contributed by atoms with Gasteiger partial charge in [-0.2, -0.15) is 4.98 Å². The van der Waals surface area contributed by atoms with Crippen LogP contribution in [0.4, 0.5) is 0 Å². The van der Waals surface area contributed by atoms with E-state index in [0.717, 1.165) is 6.54 Å². The van der Waals surface area contributed by atoms with Crippen LogP contribution in [0.15, 0.2) is 10.9 Å². The smallest absolute Gasteiger partial charge is 0.240 e. The second-order valence-corrected chi connectivity index (χ2v) is 3.78. The van der Waals surface area contributed by atoms with Gasteiger partial charge in [0, 0.05) is 13.1 Å². The van der Waals surface area contributed by atoms with Crippen molar-refractivity contribution < 1.29 is 14.4 Å². The van der Waals surface area contributed by atoms with Gasteiger partial charge < -0.3 is 14.4 Å². The zero-order valence-electron chi connectivity index (χ0n) is 8.67. The summed E-state index contributed by atoms with van der Waals surface area (Å²) < 4.78 is 10.5. The predicted molar refractivity (Wildman–Crippen MR) is 51.0 cm³/mol. The van der Waals surface area contributed by atoms with E-state index in [2.05, 4.69) is 15.0 Å². The fraction of sp³-hybridized carbons (Fsp3) is 0.778. The van der Waals surface area contributed by atoms with Crippen LogP contribution in [-0.2, 0) is 11.3 Å². The minimum absolute atomic E-state index is 0.0463. The summed E-state index contributed by atoms with van der Waals surface area (Å²) in [6, 6.07) is 0. The number of morpholine rings is 1. The fourth-order valence-electron chi connectivity index (χ4n) is 1.83. The molecule has 6 heteroatoms. The van der Waals surface area contributed by atoms with Gasteiger partial charge in [0.2, 0.25) is 5.89 Å². The monoisotopic (exact) mass is 213 g/mol. The largest absolute Gasteiger partial charge is 0.394 e. The molecule has 6 nitrogen and oxygen atoms in total. The van der Waals surface area contributed by atoms with Crippen LogP contribution in [0, 0.1) is 0 Å². The molecule has 0 saturated carbocycles. The molecular weight excluding hydrogens is 198 g/mol. The maximum absolute atomic E-state index is 9.05. The standard InChI is InChI=1S/C9H15N3O3/c1-7-2-12(3-8(5-13)14-7)4-9-10-6-11-15-9/h6-8,13H,2-5H2,1H3.